The Labute approximate surface area is 147 Å². The highest BCUT2D eigenvalue weighted by atomic mass is 16.3. The van der Waals surface area contributed by atoms with Gasteiger partial charge in [0.1, 0.15) is 5.75 Å². The molecule has 0 aliphatic heterocycles. The van der Waals surface area contributed by atoms with E-state index in [9.17, 15) is 9.90 Å². The summed E-state index contributed by atoms with van der Waals surface area (Å²) in [4.78, 5) is 12.4. The highest BCUT2D eigenvalue weighted by Gasteiger charge is 2.23. The molecule has 0 unspecified atom stereocenters. The largest absolute Gasteiger partial charge is 0.507 e. The average molecular weight is 335 g/mol. The number of carbonyl (C=O) groups is 1. The van der Waals surface area contributed by atoms with Gasteiger partial charge in [0.25, 0.3) is 0 Å². The van der Waals surface area contributed by atoms with E-state index in [1.807, 2.05) is 32.0 Å². The maximum Gasteiger partial charge on any atom is 0.237 e. The fraction of sp³-hybridized carbons (Fsp3) is 0.650. The van der Waals surface area contributed by atoms with E-state index in [4.69, 9.17) is 0 Å². The van der Waals surface area contributed by atoms with Crippen LogP contribution in [0.25, 0.3) is 0 Å². The van der Waals surface area contributed by atoms with E-state index >= 15 is 0 Å². The van der Waals surface area contributed by atoms with E-state index in [0.29, 0.717) is 18.8 Å². The minimum Gasteiger partial charge on any atom is -0.507 e. The van der Waals surface area contributed by atoms with Gasteiger partial charge in [-0.05, 0) is 23.3 Å². The summed E-state index contributed by atoms with van der Waals surface area (Å²) < 4.78 is 0. The van der Waals surface area contributed by atoms with Crippen LogP contribution in [0, 0.1) is 5.92 Å². The molecule has 24 heavy (non-hydrogen) atoms. The summed E-state index contributed by atoms with van der Waals surface area (Å²) in [6, 6.07) is 5.56. The first-order valence-corrected chi connectivity index (χ1v) is 9.00. The summed E-state index contributed by atoms with van der Waals surface area (Å²) in [7, 11) is 0. The molecule has 0 aliphatic rings. The van der Waals surface area contributed by atoms with Crippen molar-refractivity contribution < 1.29 is 9.90 Å². The summed E-state index contributed by atoms with van der Waals surface area (Å²) in [5.41, 5.74) is 1.64. The number of amides is 1. The van der Waals surface area contributed by atoms with Crippen LogP contribution in [-0.4, -0.2) is 23.6 Å². The molecule has 4 heteroatoms. The summed E-state index contributed by atoms with van der Waals surface area (Å²) in [6.07, 6.45) is 2.05. The topological polar surface area (TPSA) is 61.4 Å². The predicted octanol–water partition coefficient (Wildman–Crippen LogP) is 3.72. The number of benzene rings is 1. The third-order valence-corrected chi connectivity index (χ3v) is 4.22. The molecule has 0 saturated carbocycles. The Morgan fingerprint density at radius 2 is 1.92 bits per heavy atom. The van der Waals surface area contributed by atoms with Crippen LogP contribution in [0.5, 0.6) is 5.75 Å². The molecule has 4 nitrogen and oxygen atoms in total. The zero-order valence-corrected chi connectivity index (χ0v) is 16.1. The molecule has 0 aromatic heterocycles. The lowest BCUT2D eigenvalue weighted by molar-refractivity contribution is -0.124. The molecule has 0 heterocycles. The minimum atomic E-state index is -0.264. The second-order valence-corrected chi connectivity index (χ2v) is 7.81. The number of rotatable bonds is 8. The summed E-state index contributed by atoms with van der Waals surface area (Å²) >= 11 is 0. The molecule has 1 rings (SSSR count). The molecule has 1 atom stereocenters. The van der Waals surface area contributed by atoms with Gasteiger partial charge in [-0.1, -0.05) is 66.2 Å². The van der Waals surface area contributed by atoms with Crippen molar-refractivity contribution in [1.29, 1.82) is 0 Å². The normalized spacial score (nSPS) is 13.1. The number of hydrogen-bond acceptors (Lipinski definition) is 3. The second kappa shape index (κ2) is 9.07. The van der Waals surface area contributed by atoms with Crippen LogP contribution in [0.2, 0.25) is 0 Å². The van der Waals surface area contributed by atoms with Gasteiger partial charge in [-0.3, -0.25) is 4.79 Å². The Kier molecular flexibility index (Phi) is 7.74. The van der Waals surface area contributed by atoms with Crippen molar-refractivity contribution in [3.05, 3.63) is 29.3 Å². The second-order valence-electron chi connectivity index (χ2n) is 7.81. The predicted molar refractivity (Wildman–Crippen MR) is 100 cm³/mol. The van der Waals surface area contributed by atoms with Crippen LogP contribution in [-0.2, 0) is 16.8 Å². The van der Waals surface area contributed by atoms with Crippen LogP contribution in [0.3, 0.4) is 0 Å². The monoisotopic (exact) mass is 334 g/mol. The number of aromatic hydroxyl groups is 1. The fourth-order valence-electron chi connectivity index (χ4n) is 2.69. The Morgan fingerprint density at radius 3 is 2.46 bits per heavy atom. The Bertz CT molecular complexity index is 533. The minimum absolute atomic E-state index is 0.0323. The van der Waals surface area contributed by atoms with Crippen LogP contribution in [0.1, 0.15) is 65.5 Å². The molecule has 0 saturated heterocycles. The zero-order chi connectivity index (χ0) is 18.3. The third kappa shape index (κ3) is 5.82. The van der Waals surface area contributed by atoms with Gasteiger partial charge in [0, 0.05) is 18.7 Å². The van der Waals surface area contributed by atoms with Gasteiger partial charge in [-0.2, -0.15) is 0 Å². The smallest absolute Gasteiger partial charge is 0.237 e. The molecule has 0 bridgehead atoms. The van der Waals surface area contributed by atoms with Crippen LogP contribution >= 0.6 is 0 Å². The van der Waals surface area contributed by atoms with Gasteiger partial charge in [-0.25, -0.2) is 0 Å². The molecular formula is C20H34N2O2. The van der Waals surface area contributed by atoms with E-state index < -0.39 is 0 Å². The van der Waals surface area contributed by atoms with Gasteiger partial charge in [0.05, 0.1) is 6.04 Å². The lowest BCUT2D eigenvalue weighted by Crippen LogP contribution is -2.47. The highest BCUT2D eigenvalue weighted by Crippen LogP contribution is 2.33. The zero-order valence-electron chi connectivity index (χ0n) is 16.1. The van der Waals surface area contributed by atoms with Gasteiger partial charge in [0.2, 0.25) is 5.91 Å². The fourth-order valence-corrected chi connectivity index (χ4v) is 2.69. The molecule has 1 aromatic rings. The molecule has 136 valence electrons. The van der Waals surface area contributed by atoms with Gasteiger partial charge in [0.15, 0.2) is 0 Å². The third-order valence-electron chi connectivity index (χ3n) is 4.22. The Hall–Kier alpha value is -1.55. The van der Waals surface area contributed by atoms with Crippen molar-refractivity contribution in [1.82, 2.24) is 10.6 Å². The number of phenols is 1. The van der Waals surface area contributed by atoms with E-state index in [-0.39, 0.29) is 23.3 Å². The van der Waals surface area contributed by atoms with Crippen LogP contribution < -0.4 is 10.6 Å². The maximum atomic E-state index is 12.4. The molecular weight excluding hydrogens is 300 g/mol. The molecule has 1 aromatic carbocycles. The maximum absolute atomic E-state index is 12.4. The first-order valence-electron chi connectivity index (χ1n) is 9.00. The quantitative estimate of drug-likeness (QED) is 0.635. The van der Waals surface area contributed by atoms with E-state index in [1.54, 1.807) is 0 Å². The Balaban J connectivity index is 2.79. The van der Waals surface area contributed by atoms with Crippen molar-refractivity contribution in [3.8, 4) is 5.75 Å². The number of phenolic OH excluding ortho intramolecular Hbond substituents is 1. The first kappa shape index (κ1) is 20.5. The number of nitrogens with one attached hydrogen (secondary N) is 2. The molecule has 0 aliphatic carbocycles. The summed E-state index contributed by atoms with van der Waals surface area (Å²) in [5, 5.41) is 16.8. The SMILES string of the molecule is CCCCNC(=O)[C@@H](NCc1cccc(C(C)(C)C)c1O)C(C)C. The van der Waals surface area contributed by atoms with Crippen molar-refractivity contribution >= 4 is 5.91 Å². The summed E-state index contributed by atoms with van der Waals surface area (Å²) in [5.74, 6) is 0.538. The highest BCUT2D eigenvalue weighted by molar-refractivity contribution is 5.82. The molecule has 0 radical (unpaired) electrons. The van der Waals surface area contributed by atoms with Crippen molar-refractivity contribution in [3.63, 3.8) is 0 Å². The van der Waals surface area contributed by atoms with E-state index in [0.717, 1.165) is 24.0 Å². The first-order chi connectivity index (χ1) is 11.2. The average Bonchev–Trinajstić information content (AvgIpc) is 2.47. The molecule has 0 fully saturated rings. The van der Waals surface area contributed by atoms with E-state index in [2.05, 4.69) is 38.3 Å². The van der Waals surface area contributed by atoms with Crippen molar-refractivity contribution in [2.24, 2.45) is 5.92 Å². The van der Waals surface area contributed by atoms with Crippen molar-refractivity contribution in [2.75, 3.05) is 6.54 Å². The van der Waals surface area contributed by atoms with Gasteiger partial charge in [-0.15, -0.1) is 0 Å². The number of unbranched alkanes of at least 4 members (excludes halogenated alkanes) is 1. The van der Waals surface area contributed by atoms with Crippen molar-refractivity contribution in [2.45, 2.75) is 72.4 Å². The van der Waals surface area contributed by atoms with Crippen LogP contribution in [0.15, 0.2) is 18.2 Å². The molecule has 0 spiro atoms. The van der Waals surface area contributed by atoms with Gasteiger partial charge < -0.3 is 15.7 Å². The van der Waals surface area contributed by atoms with E-state index in [1.165, 1.54) is 0 Å². The molecule has 1 amide bonds. The van der Waals surface area contributed by atoms with Crippen LogP contribution in [0.4, 0.5) is 0 Å². The standard InChI is InChI=1S/C20H34N2O2/c1-7-8-12-21-19(24)17(14(2)3)22-13-15-10-9-11-16(18(15)23)20(4,5)6/h9-11,14,17,22-23H,7-8,12-13H2,1-6H3,(H,21,24)/t17-/m0/s1. The summed E-state index contributed by atoms with van der Waals surface area (Å²) in [6.45, 7) is 13.6. The number of hydrogen-bond donors (Lipinski definition) is 3. The lowest BCUT2D eigenvalue weighted by atomic mass is 9.85. The number of para-hydroxylation sites is 1. The lowest BCUT2D eigenvalue weighted by Gasteiger charge is -2.24. The number of carbonyl (C=O) groups excluding carboxylic acids is 1. The Morgan fingerprint density at radius 1 is 1.25 bits per heavy atom. The van der Waals surface area contributed by atoms with Gasteiger partial charge >= 0.3 is 0 Å². The molecule has 3 N–H and O–H groups in total.